The van der Waals surface area contributed by atoms with Crippen LogP contribution in [0.1, 0.15) is 17.2 Å². The van der Waals surface area contributed by atoms with E-state index in [4.69, 9.17) is 9.73 Å². The fourth-order valence-corrected chi connectivity index (χ4v) is 3.50. The average Bonchev–Trinajstić information content (AvgIpc) is 3.17. The van der Waals surface area contributed by atoms with E-state index in [2.05, 4.69) is 35.3 Å². The number of methoxy groups -OCH3 is 1. The van der Waals surface area contributed by atoms with Crippen molar-refractivity contribution in [3.05, 3.63) is 59.9 Å². The highest BCUT2D eigenvalue weighted by atomic mass is 127. The maximum Gasteiger partial charge on any atom is 0.225 e. The number of ether oxygens (including phenoxy) is 1. The molecule has 0 unspecified atom stereocenters. The number of hydrogen-bond acceptors (Lipinski definition) is 7. The summed E-state index contributed by atoms with van der Waals surface area (Å²) in [5.74, 6) is 4.22. The van der Waals surface area contributed by atoms with Crippen LogP contribution in [0, 0.1) is 6.92 Å². The van der Waals surface area contributed by atoms with Crippen LogP contribution in [0.25, 0.3) is 0 Å². The van der Waals surface area contributed by atoms with Gasteiger partial charge in [-0.3, -0.25) is 0 Å². The Bertz CT molecular complexity index is 1030. The van der Waals surface area contributed by atoms with Gasteiger partial charge < -0.3 is 24.4 Å². The molecule has 1 aliphatic rings. The minimum atomic E-state index is 0. The molecule has 1 fully saturated rings. The van der Waals surface area contributed by atoms with Gasteiger partial charge in [-0.25, -0.2) is 15.0 Å². The standard InChI is InChI=1S/C22H29N9O.HI/c1-17-27-28-20(29(17)2)16-26-22(25-15-18-5-7-19(32-3)8-6-18)31-13-11-30(12-14-31)21-23-9-4-10-24-21;/h4-10H,11-16H2,1-3H3,(H,25,26);1H. The molecule has 1 saturated heterocycles. The fraction of sp³-hybridized carbons (Fsp3) is 0.409. The number of halogens is 1. The van der Waals surface area contributed by atoms with Crippen molar-refractivity contribution >= 4 is 35.9 Å². The zero-order valence-electron chi connectivity index (χ0n) is 19.2. The van der Waals surface area contributed by atoms with Crippen molar-refractivity contribution in [3.8, 4) is 5.75 Å². The summed E-state index contributed by atoms with van der Waals surface area (Å²) in [6, 6.07) is 9.83. The SMILES string of the molecule is COc1ccc(CN=C(NCc2nnc(C)n2C)N2CCN(c3ncccn3)CC2)cc1.I. The minimum Gasteiger partial charge on any atom is -0.497 e. The number of aromatic nitrogens is 5. The summed E-state index contributed by atoms with van der Waals surface area (Å²) >= 11 is 0. The molecule has 0 spiro atoms. The molecule has 0 saturated carbocycles. The number of aryl methyl sites for hydroxylation is 1. The lowest BCUT2D eigenvalue weighted by Gasteiger charge is -2.36. The van der Waals surface area contributed by atoms with Crippen LogP contribution in [0.15, 0.2) is 47.7 Å². The Morgan fingerprint density at radius 2 is 1.76 bits per heavy atom. The van der Waals surface area contributed by atoms with Crippen molar-refractivity contribution in [2.24, 2.45) is 12.0 Å². The van der Waals surface area contributed by atoms with E-state index in [0.29, 0.717) is 13.1 Å². The largest absolute Gasteiger partial charge is 0.497 e. The quantitative estimate of drug-likeness (QED) is 0.277. The van der Waals surface area contributed by atoms with Crippen LogP contribution >= 0.6 is 24.0 Å². The number of benzene rings is 1. The maximum atomic E-state index is 5.25. The van der Waals surface area contributed by atoms with Crippen molar-refractivity contribution in [3.63, 3.8) is 0 Å². The number of anilines is 1. The predicted molar refractivity (Wildman–Crippen MR) is 138 cm³/mol. The van der Waals surface area contributed by atoms with E-state index in [1.807, 2.05) is 48.9 Å². The van der Waals surface area contributed by atoms with Gasteiger partial charge in [0, 0.05) is 45.6 Å². The number of rotatable bonds is 6. The van der Waals surface area contributed by atoms with Crippen LogP contribution in [-0.4, -0.2) is 68.9 Å². The van der Waals surface area contributed by atoms with E-state index < -0.39 is 0 Å². The lowest BCUT2D eigenvalue weighted by molar-refractivity contribution is 0.368. The smallest absolute Gasteiger partial charge is 0.225 e. The molecular formula is C22H30IN9O. The summed E-state index contributed by atoms with van der Waals surface area (Å²) in [6.45, 7) is 6.38. The fourth-order valence-electron chi connectivity index (χ4n) is 3.50. The number of nitrogens with zero attached hydrogens (tertiary/aromatic N) is 8. The van der Waals surface area contributed by atoms with Crippen LogP contribution in [0.5, 0.6) is 5.75 Å². The maximum absolute atomic E-state index is 5.25. The van der Waals surface area contributed by atoms with Gasteiger partial charge in [-0.1, -0.05) is 12.1 Å². The molecule has 1 N–H and O–H groups in total. The second-order valence-electron chi connectivity index (χ2n) is 7.59. The molecule has 0 atom stereocenters. The molecule has 10 nitrogen and oxygen atoms in total. The third-order valence-electron chi connectivity index (χ3n) is 5.57. The Hall–Kier alpha value is -2.96. The van der Waals surface area contributed by atoms with Crippen molar-refractivity contribution in [1.82, 2.24) is 34.9 Å². The summed E-state index contributed by atoms with van der Waals surface area (Å²) in [5.41, 5.74) is 1.12. The highest BCUT2D eigenvalue weighted by Gasteiger charge is 2.21. The second-order valence-corrected chi connectivity index (χ2v) is 7.59. The lowest BCUT2D eigenvalue weighted by atomic mass is 10.2. The summed E-state index contributed by atoms with van der Waals surface area (Å²) in [4.78, 5) is 18.1. The highest BCUT2D eigenvalue weighted by molar-refractivity contribution is 14.0. The van der Waals surface area contributed by atoms with Gasteiger partial charge in [0.1, 0.15) is 11.6 Å². The Morgan fingerprint density at radius 1 is 1.06 bits per heavy atom. The Morgan fingerprint density at radius 3 is 2.36 bits per heavy atom. The van der Waals surface area contributed by atoms with E-state index in [-0.39, 0.29) is 24.0 Å². The number of aliphatic imine (C=N–C) groups is 1. The van der Waals surface area contributed by atoms with E-state index in [1.54, 1.807) is 19.5 Å². The highest BCUT2D eigenvalue weighted by Crippen LogP contribution is 2.13. The van der Waals surface area contributed by atoms with Gasteiger partial charge in [0.25, 0.3) is 0 Å². The van der Waals surface area contributed by atoms with Crippen molar-refractivity contribution in [2.45, 2.75) is 20.0 Å². The number of nitrogens with one attached hydrogen (secondary N) is 1. The Labute approximate surface area is 211 Å². The van der Waals surface area contributed by atoms with Crippen molar-refractivity contribution < 1.29 is 4.74 Å². The molecule has 0 bridgehead atoms. The van der Waals surface area contributed by atoms with E-state index >= 15 is 0 Å². The molecule has 3 heterocycles. The molecule has 4 rings (SSSR count). The minimum absolute atomic E-state index is 0. The van der Waals surface area contributed by atoms with Gasteiger partial charge in [-0.2, -0.15) is 0 Å². The average molecular weight is 563 g/mol. The summed E-state index contributed by atoms with van der Waals surface area (Å²) < 4.78 is 7.24. The van der Waals surface area contributed by atoms with Crippen LogP contribution < -0.4 is 15.0 Å². The van der Waals surface area contributed by atoms with E-state index in [0.717, 1.165) is 61.0 Å². The Balaban J connectivity index is 0.00000306. The first-order valence-corrected chi connectivity index (χ1v) is 10.7. The monoisotopic (exact) mass is 563 g/mol. The van der Waals surface area contributed by atoms with Crippen molar-refractivity contribution in [2.75, 3.05) is 38.2 Å². The first-order chi connectivity index (χ1) is 15.6. The Kier molecular flexibility index (Phi) is 8.80. The molecule has 2 aromatic heterocycles. The van der Waals surface area contributed by atoms with Crippen LogP contribution in [0.2, 0.25) is 0 Å². The molecule has 0 aliphatic carbocycles. The van der Waals surface area contributed by atoms with Gasteiger partial charge in [-0.15, -0.1) is 34.2 Å². The number of hydrogen-bond donors (Lipinski definition) is 1. The predicted octanol–water partition coefficient (Wildman–Crippen LogP) is 2.01. The molecule has 11 heteroatoms. The number of piperazine rings is 1. The van der Waals surface area contributed by atoms with Gasteiger partial charge in [0.2, 0.25) is 5.95 Å². The van der Waals surface area contributed by atoms with Crippen LogP contribution in [0.4, 0.5) is 5.95 Å². The van der Waals surface area contributed by atoms with Gasteiger partial charge in [0.15, 0.2) is 11.8 Å². The molecule has 33 heavy (non-hydrogen) atoms. The first kappa shape index (κ1) is 24.7. The molecular weight excluding hydrogens is 533 g/mol. The summed E-state index contributed by atoms with van der Waals surface area (Å²) in [6.07, 6.45) is 3.56. The van der Waals surface area contributed by atoms with Crippen molar-refractivity contribution in [1.29, 1.82) is 0 Å². The molecule has 3 aromatic rings. The topological polar surface area (TPSA) is 96.6 Å². The van der Waals surface area contributed by atoms with Crippen LogP contribution in [0.3, 0.4) is 0 Å². The normalized spacial score (nSPS) is 14.1. The summed E-state index contributed by atoms with van der Waals surface area (Å²) in [5, 5.41) is 11.9. The molecule has 0 amide bonds. The molecule has 176 valence electrons. The van der Waals surface area contributed by atoms with Gasteiger partial charge >= 0.3 is 0 Å². The molecule has 1 aliphatic heterocycles. The first-order valence-electron chi connectivity index (χ1n) is 10.7. The third kappa shape index (κ3) is 6.30. The zero-order valence-corrected chi connectivity index (χ0v) is 21.5. The molecule has 0 radical (unpaired) electrons. The second kappa shape index (κ2) is 11.8. The zero-order chi connectivity index (χ0) is 22.3. The lowest BCUT2D eigenvalue weighted by Crippen LogP contribution is -2.52. The van der Waals surface area contributed by atoms with E-state index in [1.165, 1.54) is 0 Å². The van der Waals surface area contributed by atoms with Gasteiger partial charge in [-0.05, 0) is 30.7 Å². The summed E-state index contributed by atoms with van der Waals surface area (Å²) in [7, 11) is 3.64. The van der Waals surface area contributed by atoms with Crippen LogP contribution in [-0.2, 0) is 20.1 Å². The van der Waals surface area contributed by atoms with Gasteiger partial charge in [0.05, 0.1) is 20.2 Å². The third-order valence-corrected chi connectivity index (χ3v) is 5.57. The molecule has 1 aromatic carbocycles. The van der Waals surface area contributed by atoms with E-state index in [9.17, 15) is 0 Å². The number of guanidine groups is 1.